The van der Waals surface area contributed by atoms with Crippen LogP contribution in [0.4, 0.5) is 5.82 Å². The maximum atomic E-state index is 6.08. The third-order valence-electron chi connectivity index (χ3n) is 3.70. The SMILES string of the molecule is Cc1nc(N)c2c(C)c(C)c(C(C)C)n2c1C. The number of fused-ring (bicyclic) bond motifs is 1. The predicted molar refractivity (Wildman–Crippen MR) is 72.6 cm³/mol. The molecule has 3 heteroatoms. The topological polar surface area (TPSA) is 43.3 Å². The van der Waals surface area contributed by atoms with Crippen LogP contribution < -0.4 is 5.73 Å². The second kappa shape index (κ2) is 3.76. The van der Waals surface area contributed by atoms with Gasteiger partial charge in [0.05, 0.1) is 11.2 Å². The van der Waals surface area contributed by atoms with Gasteiger partial charge in [-0.3, -0.25) is 0 Å². The number of aryl methyl sites for hydroxylation is 3. The van der Waals surface area contributed by atoms with E-state index in [-0.39, 0.29) is 0 Å². The molecule has 0 aliphatic heterocycles. The van der Waals surface area contributed by atoms with E-state index < -0.39 is 0 Å². The number of nitrogens with two attached hydrogens (primary N) is 1. The van der Waals surface area contributed by atoms with Crippen molar-refractivity contribution in [2.45, 2.75) is 47.5 Å². The van der Waals surface area contributed by atoms with Crippen molar-refractivity contribution in [1.82, 2.24) is 9.38 Å². The van der Waals surface area contributed by atoms with E-state index in [0.29, 0.717) is 11.7 Å². The fraction of sp³-hybridized carbons (Fsp3) is 0.500. The molecule has 2 N–H and O–H groups in total. The minimum Gasteiger partial charge on any atom is -0.382 e. The minimum atomic E-state index is 0.482. The molecule has 0 radical (unpaired) electrons. The largest absolute Gasteiger partial charge is 0.382 e. The van der Waals surface area contributed by atoms with E-state index in [4.69, 9.17) is 5.73 Å². The maximum Gasteiger partial charge on any atom is 0.148 e. The fourth-order valence-corrected chi connectivity index (χ4v) is 2.65. The molecule has 0 bridgehead atoms. The lowest BCUT2D eigenvalue weighted by atomic mass is 10.0. The summed E-state index contributed by atoms with van der Waals surface area (Å²) in [6, 6.07) is 0. The number of hydrogen-bond acceptors (Lipinski definition) is 2. The maximum absolute atomic E-state index is 6.08. The van der Waals surface area contributed by atoms with E-state index in [1.807, 2.05) is 6.92 Å². The van der Waals surface area contributed by atoms with Crippen LogP contribution in [0.15, 0.2) is 0 Å². The van der Waals surface area contributed by atoms with Gasteiger partial charge in [-0.15, -0.1) is 0 Å². The number of aromatic nitrogens is 2. The van der Waals surface area contributed by atoms with Gasteiger partial charge in [-0.05, 0) is 44.7 Å². The van der Waals surface area contributed by atoms with Crippen LogP contribution >= 0.6 is 0 Å². The van der Waals surface area contributed by atoms with Gasteiger partial charge in [-0.2, -0.15) is 0 Å². The van der Waals surface area contributed by atoms with Crippen LogP contribution in [0.2, 0.25) is 0 Å². The smallest absolute Gasteiger partial charge is 0.148 e. The molecule has 2 aromatic rings. The van der Waals surface area contributed by atoms with Gasteiger partial charge in [0.2, 0.25) is 0 Å². The first-order valence-corrected chi connectivity index (χ1v) is 6.10. The third kappa shape index (κ3) is 1.53. The van der Waals surface area contributed by atoms with Crippen LogP contribution in [0.3, 0.4) is 0 Å². The zero-order valence-corrected chi connectivity index (χ0v) is 11.5. The van der Waals surface area contributed by atoms with E-state index in [1.165, 1.54) is 22.5 Å². The molecule has 92 valence electrons. The van der Waals surface area contributed by atoms with Gasteiger partial charge in [0, 0.05) is 11.4 Å². The van der Waals surface area contributed by atoms with Crippen molar-refractivity contribution in [3.8, 4) is 0 Å². The van der Waals surface area contributed by atoms with E-state index in [9.17, 15) is 0 Å². The molecule has 0 aromatic carbocycles. The van der Waals surface area contributed by atoms with Crippen molar-refractivity contribution in [3.63, 3.8) is 0 Å². The normalized spacial score (nSPS) is 11.7. The number of nitrogens with zero attached hydrogens (tertiary/aromatic N) is 2. The highest BCUT2D eigenvalue weighted by Gasteiger charge is 2.19. The second-order valence-electron chi connectivity index (χ2n) is 5.14. The van der Waals surface area contributed by atoms with Crippen molar-refractivity contribution < 1.29 is 0 Å². The molecule has 0 saturated heterocycles. The standard InChI is InChI=1S/C14H21N3/c1-7(2)12-8(3)9(4)13-14(15)16-10(5)11(6)17(12)13/h7H,1-6H3,(H2,15,16). The minimum absolute atomic E-state index is 0.482. The molecule has 2 aromatic heterocycles. The highest BCUT2D eigenvalue weighted by molar-refractivity contribution is 5.74. The van der Waals surface area contributed by atoms with Crippen molar-refractivity contribution in [1.29, 1.82) is 0 Å². The van der Waals surface area contributed by atoms with E-state index in [1.54, 1.807) is 0 Å². The van der Waals surface area contributed by atoms with E-state index in [0.717, 1.165) is 11.2 Å². The Hall–Kier alpha value is -1.51. The third-order valence-corrected chi connectivity index (χ3v) is 3.70. The van der Waals surface area contributed by atoms with Crippen LogP contribution in [0.25, 0.3) is 5.52 Å². The average Bonchev–Trinajstić information content (AvgIpc) is 2.49. The van der Waals surface area contributed by atoms with Crippen LogP contribution in [0, 0.1) is 27.7 Å². The molecule has 0 unspecified atom stereocenters. The highest BCUT2D eigenvalue weighted by Crippen LogP contribution is 2.32. The van der Waals surface area contributed by atoms with Gasteiger partial charge in [-0.25, -0.2) is 4.98 Å². The Balaban J connectivity index is 3.06. The van der Waals surface area contributed by atoms with E-state index >= 15 is 0 Å². The van der Waals surface area contributed by atoms with Gasteiger partial charge in [-0.1, -0.05) is 13.8 Å². The first-order valence-electron chi connectivity index (χ1n) is 6.10. The van der Waals surface area contributed by atoms with Gasteiger partial charge < -0.3 is 10.1 Å². The van der Waals surface area contributed by atoms with Crippen molar-refractivity contribution >= 4 is 11.3 Å². The lowest BCUT2D eigenvalue weighted by Gasteiger charge is -2.13. The molecule has 17 heavy (non-hydrogen) atoms. The zero-order chi connectivity index (χ0) is 12.9. The van der Waals surface area contributed by atoms with Crippen molar-refractivity contribution in [2.75, 3.05) is 5.73 Å². The Morgan fingerprint density at radius 1 is 1.06 bits per heavy atom. The van der Waals surface area contributed by atoms with Crippen molar-refractivity contribution in [3.05, 3.63) is 28.2 Å². The zero-order valence-electron chi connectivity index (χ0n) is 11.5. The number of anilines is 1. The fourth-order valence-electron chi connectivity index (χ4n) is 2.65. The summed E-state index contributed by atoms with van der Waals surface area (Å²) in [5.41, 5.74) is 13.3. The summed E-state index contributed by atoms with van der Waals surface area (Å²) in [5.74, 6) is 1.12. The molecule has 3 nitrogen and oxygen atoms in total. The Morgan fingerprint density at radius 3 is 2.18 bits per heavy atom. The summed E-state index contributed by atoms with van der Waals surface area (Å²) in [6.45, 7) is 12.9. The highest BCUT2D eigenvalue weighted by atomic mass is 15.0. The average molecular weight is 231 g/mol. The predicted octanol–water partition coefficient (Wildman–Crippen LogP) is 3.27. The Morgan fingerprint density at radius 2 is 1.65 bits per heavy atom. The summed E-state index contributed by atoms with van der Waals surface area (Å²) in [4.78, 5) is 4.43. The summed E-state index contributed by atoms with van der Waals surface area (Å²) in [5, 5.41) is 0. The molecule has 0 saturated carbocycles. The first kappa shape index (κ1) is 12.0. The number of nitrogen functional groups attached to an aromatic ring is 1. The van der Waals surface area contributed by atoms with Crippen molar-refractivity contribution in [2.24, 2.45) is 0 Å². The Labute approximate surface area is 103 Å². The first-order chi connectivity index (χ1) is 7.86. The Kier molecular flexibility index (Phi) is 2.64. The van der Waals surface area contributed by atoms with Crippen LogP contribution in [0.5, 0.6) is 0 Å². The molecule has 0 spiro atoms. The molecule has 2 rings (SSSR count). The summed E-state index contributed by atoms with van der Waals surface area (Å²) in [6.07, 6.45) is 0. The molecular formula is C14H21N3. The molecule has 2 heterocycles. The molecular weight excluding hydrogens is 210 g/mol. The monoisotopic (exact) mass is 231 g/mol. The molecule has 0 aliphatic carbocycles. The van der Waals surface area contributed by atoms with Crippen LogP contribution in [-0.2, 0) is 0 Å². The second-order valence-corrected chi connectivity index (χ2v) is 5.14. The van der Waals surface area contributed by atoms with Gasteiger partial charge >= 0.3 is 0 Å². The summed E-state index contributed by atoms with van der Waals surface area (Å²) < 4.78 is 2.28. The molecule has 0 amide bonds. The lowest BCUT2D eigenvalue weighted by molar-refractivity contribution is 0.785. The number of rotatable bonds is 1. The van der Waals surface area contributed by atoms with E-state index in [2.05, 4.69) is 44.0 Å². The van der Waals surface area contributed by atoms with Crippen LogP contribution in [-0.4, -0.2) is 9.38 Å². The Bertz CT molecular complexity index is 592. The molecule has 0 fully saturated rings. The number of hydrogen-bond donors (Lipinski definition) is 1. The van der Waals surface area contributed by atoms with Gasteiger partial charge in [0.25, 0.3) is 0 Å². The molecule has 0 atom stereocenters. The van der Waals surface area contributed by atoms with Crippen LogP contribution in [0.1, 0.15) is 48.0 Å². The van der Waals surface area contributed by atoms with Gasteiger partial charge in [0.15, 0.2) is 0 Å². The molecule has 0 aliphatic rings. The summed E-state index contributed by atoms with van der Waals surface area (Å²) in [7, 11) is 0. The summed E-state index contributed by atoms with van der Waals surface area (Å²) >= 11 is 0. The quantitative estimate of drug-likeness (QED) is 0.818. The lowest BCUT2D eigenvalue weighted by Crippen LogP contribution is -2.06. The van der Waals surface area contributed by atoms with Gasteiger partial charge in [0.1, 0.15) is 5.82 Å².